The van der Waals surface area contributed by atoms with Gasteiger partial charge in [0.1, 0.15) is 5.82 Å². The molecule has 0 bridgehead atoms. The van der Waals surface area contributed by atoms with Gasteiger partial charge in [-0.15, -0.1) is 0 Å². The van der Waals surface area contributed by atoms with Crippen molar-refractivity contribution in [2.75, 3.05) is 6.26 Å². The molecule has 0 saturated carbocycles. The SMILES string of the molecule is C[C@H](OC(=O)c1cccc(CS(C)(=O)=O)c1)C(=O)NCc1ccc(F)cc1. The van der Waals surface area contributed by atoms with E-state index in [1.165, 1.54) is 31.2 Å². The zero-order valence-corrected chi connectivity index (χ0v) is 15.8. The quantitative estimate of drug-likeness (QED) is 0.729. The second kappa shape index (κ2) is 8.77. The third-order valence-electron chi connectivity index (χ3n) is 3.62. The Morgan fingerprint density at radius 2 is 1.78 bits per heavy atom. The highest BCUT2D eigenvalue weighted by atomic mass is 32.2. The number of carbonyl (C=O) groups excluding carboxylic acids is 2. The first-order valence-electron chi connectivity index (χ1n) is 8.14. The molecular weight excluding hydrogens is 373 g/mol. The molecular formula is C19H20FNO5S. The van der Waals surface area contributed by atoms with Crippen LogP contribution >= 0.6 is 0 Å². The molecule has 2 aromatic rings. The topological polar surface area (TPSA) is 89.5 Å². The first-order chi connectivity index (χ1) is 12.6. The average molecular weight is 393 g/mol. The van der Waals surface area contributed by atoms with Crippen LogP contribution in [0.1, 0.15) is 28.4 Å². The Morgan fingerprint density at radius 3 is 2.41 bits per heavy atom. The van der Waals surface area contributed by atoms with Gasteiger partial charge in [-0.05, 0) is 42.3 Å². The minimum absolute atomic E-state index is 0.161. The van der Waals surface area contributed by atoms with Crippen LogP contribution in [-0.2, 0) is 31.7 Å². The molecule has 8 heteroatoms. The summed E-state index contributed by atoms with van der Waals surface area (Å²) in [6.45, 7) is 1.60. The van der Waals surface area contributed by atoms with Gasteiger partial charge >= 0.3 is 5.97 Å². The molecule has 2 aromatic carbocycles. The number of hydrogen-bond donors (Lipinski definition) is 1. The molecule has 0 saturated heterocycles. The predicted octanol–water partition coefficient (Wildman–Crippen LogP) is 2.23. The lowest BCUT2D eigenvalue weighted by Gasteiger charge is -2.14. The van der Waals surface area contributed by atoms with Gasteiger partial charge in [0.05, 0.1) is 11.3 Å². The molecule has 2 rings (SSSR count). The number of halogens is 1. The maximum Gasteiger partial charge on any atom is 0.338 e. The summed E-state index contributed by atoms with van der Waals surface area (Å²) in [5.41, 5.74) is 1.33. The number of sulfone groups is 1. The van der Waals surface area contributed by atoms with Gasteiger partial charge in [-0.25, -0.2) is 17.6 Å². The number of carbonyl (C=O) groups is 2. The molecule has 0 spiro atoms. The Balaban J connectivity index is 1.93. The van der Waals surface area contributed by atoms with Crippen LogP contribution in [0.5, 0.6) is 0 Å². The molecule has 0 aliphatic carbocycles. The van der Waals surface area contributed by atoms with Crippen LogP contribution in [0, 0.1) is 5.82 Å². The van der Waals surface area contributed by atoms with Gasteiger partial charge in [0.25, 0.3) is 5.91 Å². The molecule has 0 radical (unpaired) electrons. The Morgan fingerprint density at radius 1 is 1.11 bits per heavy atom. The molecule has 0 aromatic heterocycles. The fourth-order valence-electron chi connectivity index (χ4n) is 2.31. The lowest BCUT2D eigenvalue weighted by molar-refractivity contribution is -0.129. The Kier molecular flexibility index (Phi) is 6.68. The molecule has 0 aliphatic heterocycles. The Labute approximate surface area is 157 Å². The maximum atomic E-state index is 12.9. The van der Waals surface area contributed by atoms with Crippen LogP contribution in [0.25, 0.3) is 0 Å². The number of ether oxygens (including phenoxy) is 1. The molecule has 0 fully saturated rings. The summed E-state index contributed by atoms with van der Waals surface area (Å²) in [4.78, 5) is 24.3. The number of hydrogen-bond acceptors (Lipinski definition) is 5. The molecule has 1 amide bonds. The minimum atomic E-state index is -3.23. The first-order valence-corrected chi connectivity index (χ1v) is 10.2. The number of amides is 1. The van der Waals surface area contributed by atoms with E-state index in [1.54, 1.807) is 24.3 Å². The van der Waals surface area contributed by atoms with Gasteiger partial charge < -0.3 is 10.1 Å². The third kappa shape index (κ3) is 6.82. The van der Waals surface area contributed by atoms with Crippen molar-refractivity contribution in [2.45, 2.75) is 25.3 Å². The van der Waals surface area contributed by atoms with Crippen molar-refractivity contribution in [3.05, 3.63) is 71.0 Å². The summed E-state index contributed by atoms with van der Waals surface area (Å²) in [5.74, 6) is -1.79. The number of rotatable bonds is 7. The smallest absolute Gasteiger partial charge is 0.338 e. The van der Waals surface area contributed by atoms with Crippen molar-refractivity contribution in [3.63, 3.8) is 0 Å². The summed E-state index contributed by atoms with van der Waals surface area (Å²) < 4.78 is 40.7. The lowest BCUT2D eigenvalue weighted by atomic mass is 10.1. The van der Waals surface area contributed by atoms with E-state index in [0.717, 1.165) is 6.26 Å². The van der Waals surface area contributed by atoms with E-state index < -0.39 is 27.8 Å². The van der Waals surface area contributed by atoms with Gasteiger partial charge in [0, 0.05) is 12.8 Å². The van der Waals surface area contributed by atoms with Crippen molar-refractivity contribution >= 4 is 21.7 Å². The van der Waals surface area contributed by atoms with Crippen molar-refractivity contribution in [1.82, 2.24) is 5.32 Å². The summed E-state index contributed by atoms with van der Waals surface area (Å²) in [6, 6.07) is 11.7. The Hall–Kier alpha value is -2.74. The lowest BCUT2D eigenvalue weighted by Crippen LogP contribution is -2.35. The molecule has 144 valence electrons. The van der Waals surface area contributed by atoms with Gasteiger partial charge in [0.2, 0.25) is 0 Å². The van der Waals surface area contributed by atoms with Gasteiger partial charge in [0.15, 0.2) is 15.9 Å². The maximum absolute atomic E-state index is 12.9. The highest BCUT2D eigenvalue weighted by Crippen LogP contribution is 2.11. The third-order valence-corrected chi connectivity index (χ3v) is 4.48. The largest absolute Gasteiger partial charge is 0.449 e. The van der Waals surface area contributed by atoms with Crippen LogP contribution in [0.2, 0.25) is 0 Å². The van der Waals surface area contributed by atoms with Crippen molar-refractivity contribution in [1.29, 1.82) is 0 Å². The molecule has 6 nitrogen and oxygen atoms in total. The highest BCUT2D eigenvalue weighted by molar-refractivity contribution is 7.89. The monoisotopic (exact) mass is 393 g/mol. The van der Waals surface area contributed by atoms with Gasteiger partial charge in [-0.1, -0.05) is 24.3 Å². The van der Waals surface area contributed by atoms with E-state index in [0.29, 0.717) is 11.1 Å². The number of nitrogens with one attached hydrogen (secondary N) is 1. The second-order valence-electron chi connectivity index (χ2n) is 6.16. The average Bonchev–Trinajstić information content (AvgIpc) is 2.59. The summed E-state index contributed by atoms with van der Waals surface area (Å²) in [7, 11) is -3.23. The fourth-order valence-corrected chi connectivity index (χ4v) is 3.09. The van der Waals surface area contributed by atoms with E-state index in [1.807, 2.05) is 0 Å². The minimum Gasteiger partial charge on any atom is -0.449 e. The van der Waals surface area contributed by atoms with Crippen molar-refractivity contribution in [3.8, 4) is 0 Å². The number of benzene rings is 2. The van der Waals surface area contributed by atoms with E-state index >= 15 is 0 Å². The van der Waals surface area contributed by atoms with Crippen molar-refractivity contribution in [2.24, 2.45) is 0 Å². The molecule has 0 unspecified atom stereocenters. The zero-order chi connectivity index (χ0) is 20.0. The summed E-state index contributed by atoms with van der Waals surface area (Å²) in [6.07, 6.45) is 0.0578. The Bertz CT molecular complexity index is 925. The number of esters is 1. The fraction of sp³-hybridized carbons (Fsp3) is 0.263. The van der Waals surface area contributed by atoms with Crippen molar-refractivity contribution < 1.29 is 27.1 Å². The normalized spacial score (nSPS) is 12.3. The molecule has 0 heterocycles. The van der Waals surface area contributed by atoms with Crippen LogP contribution in [0.15, 0.2) is 48.5 Å². The molecule has 1 atom stereocenters. The van der Waals surface area contributed by atoms with E-state index in [4.69, 9.17) is 4.74 Å². The summed E-state index contributed by atoms with van der Waals surface area (Å²) in [5, 5.41) is 2.60. The first kappa shape index (κ1) is 20.6. The molecule has 27 heavy (non-hydrogen) atoms. The van der Waals surface area contributed by atoms with E-state index in [-0.39, 0.29) is 23.7 Å². The molecule has 0 aliphatic rings. The van der Waals surface area contributed by atoms with Crippen LogP contribution in [-0.4, -0.2) is 32.7 Å². The summed E-state index contributed by atoms with van der Waals surface area (Å²) >= 11 is 0. The van der Waals surface area contributed by atoms with Crippen LogP contribution in [0.3, 0.4) is 0 Å². The standard InChI is InChI=1S/C19H20FNO5S/c1-13(18(22)21-11-14-6-8-17(20)9-7-14)26-19(23)16-5-3-4-15(10-16)12-27(2,24)25/h3-10,13H,11-12H2,1-2H3,(H,21,22)/t13-/m0/s1. The highest BCUT2D eigenvalue weighted by Gasteiger charge is 2.19. The van der Waals surface area contributed by atoms with E-state index in [9.17, 15) is 22.4 Å². The second-order valence-corrected chi connectivity index (χ2v) is 8.30. The predicted molar refractivity (Wildman–Crippen MR) is 98.1 cm³/mol. The zero-order valence-electron chi connectivity index (χ0n) is 14.9. The van der Waals surface area contributed by atoms with Crippen LogP contribution in [0.4, 0.5) is 4.39 Å². The van der Waals surface area contributed by atoms with Crippen LogP contribution < -0.4 is 5.32 Å². The van der Waals surface area contributed by atoms with Gasteiger partial charge in [-0.2, -0.15) is 0 Å². The van der Waals surface area contributed by atoms with E-state index in [2.05, 4.69) is 5.32 Å². The molecule has 1 N–H and O–H groups in total. The van der Waals surface area contributed by atoms with Gasteiger partial charge in [-0.3, -0.25) is 4.79 Å².